The lowest BCUT2D eigenvalue weighted by Gasteiger charge is -2.39. The molecule has 0 spiro atoms. The second kappa shape index (κ2) is 5.74. The van der Waals surface area contributed by atoms with Crippen LogP contribution in [0.4, 0.5) is 8.78 Å². The predicted octanol–water partition coefficient (Wildman–Crippen LogP) is 3.33. The molecule has 0 radical (unpaired) electrons. The Morgan fingerprint density at radius 1 is 1.37 bits per heavy atom. The zero-order chi connectivity index (χ0) is 13.9. The molecule has 0 aromatic heterocycles. The van der Waals surface area contributed by atoms with E-state index in [0.717, 1.165) is 12.8 Å². The topological polar surface area (TPSA) is 30.5 Å². The molecule has 0 amide bonds. The van der Waals surface area contributed by atoms with Crippen LogP contribution in [0.3, 0.4) is 0 Å². The van der Waals surface area contributed by atoms with Gasteiger partial charge in [0.1, 0.15) is 0 Å². The smallest absolute Gasteiger partial charge is 0.387 e. The number of para-hydroxylation sites is 1. The molecule has 0 saturated heterocycles. The monoisotopic (exact) mass is 271 g/mol. The van der Waals surface area contributed by atoms with Crippen LogP contribution in [0.25, 0.3) is 0 Å². The SMILES string of the molecule is COc1cccc(CNC2(C)CCC2)c1OC(F)F. The van der Waals surface area contributed by atoms with E-state index in [-0.39, 0.29) is 11.3 Å². The van der Waals surface area contributed by atoms with Crippen LogP contribution in [0.1, 0.15) is 31.7 Å². The summed E-state index contributed by atoms with van der Waals surface area (Å²) < 4.78 is 34.6. The Bertz CT molecular complexity index is 433. The molecule has 0 bridgehead atoms. The average Bonchev–Trinajstić information content (AvgIpc) is 2.34. The van der Waals surface area contributed by atoms with Crippen molar-refractivity contribution in [2.24, 2.45) is 0 Å². The highest BCUT2D eigenvalue weighted by molar-refractivity contribution is 5.46. The van der Waals surface area contributed by atoms with E-state index >= 15 is 0 Å². The number of ether oxygens (including phenoxy) is 2. The normalized spacial score (nSPS) is 17.1. The van der Waals surface area contributed by atoms with Crippen LogP contribution in [-0.2, 0) is 6.54 Å². The molecule has 2 rings (SSSR count). The van der Waals surface area contributed by atoms with E-state index < -0.39 is 6.61 Å². The number of rotatable bonds is 6. The van der Waals surface area contributed by atoms with Crippen molar-refractivity contribution in [3.8, 4) is 11.5 Å². The molecule has 19 heavy (non-hydrogen) atoms. The van der Waals surface area contributed by atoms with Crippen LogP contribution < -0.4 is 14.8 Å². The van der Waals surface area contributed by atoms with Gasteiger partial charge in [-0.15, -0.1) is 0 Å². The molecule has 1 aromatic rings. The van der Waals surface area contributed by atoms with Crippen LogP contribution in [-0.4, -0.2) is 19.3 Å². The molecule has 1 N–H and O–H groups in total. The maximum Gasteiger partial charge on any atom is 0.387 e. The molecule has 0 aliphatic heterocycles. The number of hydrogen-bond acceptors (Lipinski definition) is 3. The fourth-order valence-electron chi connectivity index (χ4n) is 2.28. The summed E-state index contributed by atoms with van der Waals surface area (Å²) in [6.07, 6.45) is 3.44. The van der Waals surface area contributed by atoms with Crippen molar-refractivity contribution in [2.75, 3.05) is 7.11 Å². The number of methoxy groups -OCH3 is 1. The van der Waals surface area contributed by atoms with E-state index in [9.17, 15) is 8.78 Å². The van der Waals surface area contributed by atoms with Gasteiger partial charge in [0.25, 0.3) is 0 Å². The molecular weight excluding hydrogens is 252 g/mol. The first kappa shape index (κ1) is 14.1. The van der Waals surface area contributed by atoms with Gasteiger partial charge in [-0.3, -0.25) is 0 Å². The maximum absolute atomic E-state index is 12.5. The van der Waals surface area contributed by atoms with Crippen molar-refractivity contribution < 1.29 is 18.3 Å². The Kier molecular flexibility index (Phi) is 4.24. The minimum Gasteiger partial charge on any atom is -0.493 e. The standard InChI is InChI=1S/C14H19F2NO2/c1-14(7-4-8-14)17-9-10-5-3-6-11(18-2)12(10)19-13(15)16/h3,5-6,13,17H,4,7-9H2,1-2H3. The van der Waals surface area contributed by atoms with Crippen LogP contribution in [0.2, 0.25) is 0 Å². The fraction of sp³-hybridized carbons (Fsp3) is 0.571. The van der Waals surface area contributed by atoms with Gasteiger partial charge in [0.15, 0.2) is 11.5 Å². The summed E-state index contributed by atoms with van der Waals surface area (Å²) in [5.41, 5.74) is 0.804. The summed E-state index contributed by atoms with van der Waals surface area (Å²) in [5.74, 6) is 0.453. The van der Waals surface area contributed by atoms with Crippen LogP contribution >= 0.6 is 0 Å². The highest BCUT2D eigenvalue weighted by Crippen LogP contribution is 2.35. The summed E-state index contributed by atoms with van der Waals surface area (Å²) in [4.78, 5) is 0. The lowest BCUT2D eigenvalue weighted by Crippen LogP contribution is -2.47. The molecule has 1 aromatic carbocycles. The zero-order valence-corrected chi connectivity index (χ0v) is 11.2. The van der Waals surface area contributed by atoms with Gasteiger partial charge < -0.3 is 14.8 Å². The molecule has 3 nitrogen and oxygen atoms in total. The van der Waals surface area contributed by atoms with Gasteiger partial charge in [0, 0.05) is 17.6 Å². The van der Waals surface area contributed by atoms with Gasteiger partial charge in [-0.1, -0.05) is 12.1 Å². The van der Waals surface area contributed by atoms with Gasteiger partial charge >= 0.3 is 6.61 Å². The second-order valence-corrected chi connectivity index (χ2v) is 5.09. The Labute approximate surface area is 111 Å². The van der Waals surface area contributed by atoms with Gasteiger partial charge in [-0.2, -0.15) is 8.78 Å². The molecule has 0 heterocycles. The van der Waals surface area contributed by atoms with Gasteiger partial charge in [0.2, 0.25) is 0 Å². The van der Waals surface area contributed by atoms with Gasteiger partial charge in [0.05, 0.1) is 7.11 Å². The summed E-state index contributed by atoms with van der Waals surface area (Å²) in [6.45, 7) is -0.214. The first-order chi connectivity index (χ1) is 9.04. The minimum atomic E-state index is -2.85. The van der Waals surface area contributed by atoms with E-state index in [1.54, 1.807) is 18.2 Å². The molecule has 106 valence electrons. The van der Waals surface area contributed by atoms with Crippen molar-refractivity contribution in [1.82, 2.24) is 5.32 Å². The molecule has 1 aliphatic carbocycles. The largest absolute Gasteiger partial charge is 0.493 e. The fourth-order valence-corrected chi connectivity index (χ4v) is 2.28. The first-order valence-electron chi connectivity index (χ1n) is 6.40. The molecule has 1 aliphatic rings. The number of benzene rings is 1. The Morgan fingerprint density at radius 3 is 2.63 bits per heavy atom. The van der Waals surface area contributed by atoms with E-state index in [1.165, 1.54) is 13.5 Å². The highest BCUT2D eigenvalue weighted by atomic mass is 19.3. The summed E-state index contributed by atoms with van der Waals surface area (Å²) >= 11 is 0. The number of alkyl halides is 2. The van der Waals surface area contributed by atoms with Crippen LogP contribution in [0.5, 0.6) is 11.5 Å². The van der Waals surface area contributed by atoms with E-state index in [4.69, 9.17) is 4.74 Å². The predicted molar refractivity (Wildman–Crippen MR) is 68.7 cm³/mol. The molecular formula is C14H19F2NO2. The third-order valence-corrected chi connectivity index (χ3v) is 3.65. The Hall–Kier alpha value is -1.36. The van der Waals surface area contributed by atoms with Gasteiger partial charge in [-0.25, -0.2) is 0 Å². The summed E-state index contributed by atoms with van der Waals surface area (Å²) in [7, 11) is 1.44. The van der Waals surface area contributed by atoms with Crippen LogP contribution in [0, 0.1) is 0 Å². The summed E-state index contributed by atoms with van der Waals surface area (Å²) in [6, 6.07) is 5.17. The lowest BCUT2D eigenvalue weighted by atomic mass is 9.78. The maximum atomic E-state index is 12.5. The van der Waals surface area contributed by atoms with E-state index in [1.807, 2.05) is 0 Å². The van der Waals surface area contributed by atoms with Crippen molar-refractivity contribution >= 4 is 0 Å². The number of halogens is 2. The molecule has 0 atom stereocenters. The third-order valence-electron chi connectivity index (χ3n) is 3.65. The lowest BCUT2D eigenvalue weighted by molar-refractivity contribution is -0.0519. The molecule has 1 saturated carbocycles. The number of hydrogen-bond donors (Lipinski definition) is 1. The van der Waals surface area contributed by atoms with E-state index in [2.05, 4.69) is 17.0 Å². The van der Waals surface area contributed by atoms with Crippen molar-refractivity contribution in [3.05, 3.63) is 23.8 Å². The average molecular weight is 271 g/mol. The highest BCUT2D eigenvalue weighted by Gasteiger charge is 2.31. The first-order valence-corrected chi connectivity index (χ1v) is 6.40. The second-order valence-electron chi connectivity index (χ2n) is 5.09. The van der Waals surface area contributed by atoms with Crippen molar-refractivity contribution in [2.45, 2.75) is 44.9 Å². The minimum absolute atomic E-state index is 0.116. The van der Waals surface area contributed by atoms with Crippen molar-refractivity contribution in [1.29, 1.82) is 0 Å². The third kappa shape index (κ3) is 3.35. The molecule has 1 fully saturated rings. The molecule has 5 heteroatoms. The molecule has 0 unspecified atom stereocenters. The Balaban J connectivity index is 2.13. The quantitative estimate of drug-likeness (QED) is 0.861. The Morgan fingerprint density at radius 2 is 2.11 bits per heavy atom. The van der Waals surface area contributed by atoms with Gasteiger partial charge in [-0.05, 0) is 32.3 Å². The zero-order valence-electron chi connectivity index (χ0n) is 11.2. The summed E-state index contributed by atoms with van der Waals surface area (Å²) in [5, 5.41) is 3.40. The van der Waals surface area contributed by atoms with Crippen LogP contribution in [0.15, 0.2) is 18.2 Å². The number of nitrogens with one attached hydrogen (secondary N) is 1. The van der Waals surface area contributed by atoms with E-state index in [0.29, 0.717) is 17.9 Å². The van der Waals surface area contributed by atoms with Crippen molar-refractivity contribution in [3.63, 3.8) is 0 Å².